The second-order valence-corrected chi connectivity index (χ2v) is 24.6. The van der Waals surface area contributed by atoms with Crippen LogP contribution in [0.25, 0.3) is 0 Å². The number of quaternary nitrogens is 1. The van der Waals surface area contributed by atoms with Gasteiger partial charge in [-0.1, -0.05) is 288 Å². The van der Waals surface area contributed by atoms with Gasteiger partial charge in [0.05, 0.1) is 39.9 Å². The van der Waals surface area contributed by atoms with Gasteiger partial charge in [-0.15, -0.1) is 0 Å². The van der Waals surface area contributed by atoms with Gasteiger partial charge in [-0.25, -0.2) is 4.57 Å². The first-order chi connectivity index (χ1) is 40.0. The van der Waals surface area contributed by atoms with Crippen molar-refractivity contribution in [2.45, 2.75) is 270 Å². The van der Waals surface area contributed by atoms with E-state index < -0.39 is 20.0 Å². The van der Waals surface area contributed by atoms with Gasteiger partial charge in [-0.2, -0.15) is 0 Å². The number of rotatable bonds is 59. The van der Waals surface area contributed by atoms with Crippen LogP contribution in [0.3, 0.4) is 0 Å². The number of carbonyl (C=O) groups is 1. The number of aliphatic hydroxyl groups excluding tert-OH is 1. The zero-order chi connectivity index (χ0) is 59.8. The molecule has 3 N–H and O–H groups in total. The third-order valence-corrected chi connectivity index (χ3v) is 15.0. The average molecular weight is 1160 g/mol. The highest BCUT2D eigenvalue weighted by Gasteiger charge is 2.27. The summed E-state index contributed by atoms with van der Waals surface area (Å²) >= 11 is 0. The number of nitrogens with one attached hydrogen (secondary N) is 1. The van der Waals surface area contributed by atoms with Gasteiger partial charge in [-0.3, -0.25) is 13.8 Å². The van der Waals surface area contributed by atoms with Gasteiger partial charge in [-0.05, 0) is 109 Å². The Morgan fingerprint density at radius 3 is 1.12 bits per heavy atom. The summed E-state index contributed by atoms with van der Waals surface area (Å²) in [6.45, 7) is 4.66. The predicted molar refractivity (Wildman–Crippen MR) is 359 cm³/mol. The van der Waals surface area contributed by atoms with Crippen LogP contribution in [0.4, 0.5) is 0 Å². The monoisotopic (exact) mass is 1160 g/mol. The van der Waals surface area contributed by atoms with Crippen molar-refractivity contribution in [1.29, 1.82) is 0 Å². The SMILES string of the molecule is CC/C=C\C/C=C\C/C=C\C/C=C\C/C=C\C/C=C\C/C=C\C/C=C\C/C=C\C/C=C\CCCCCCC(=O)NC(COP(=O)(O)OCC[N+](C)(C)C)C(O)/C=C/CC/C=C/CCCCCCCCCCCCCCCCCCCCC. The number of phosphoric ester groups is 1. The van der Waals surface area contributed by atoms with Crippen molar-refractivity contribution in [1.82, 2.24) is 5.32 Å². The lowest BCUT2D eigenvalue weighted by molar-refractivity contribution is -0.870. The van der Waals surface area contributed by atoms with Gasteiger partial charge in [0.25, 0.3) is 0 Å². The minimum absolute atomic E-state index is 0.0429. The third kappa shape index (κ3) is 64.0. The molecule has 82 heavy (non-hydrogen) atoms. The summed E-state index contributed by atoms with van der Waals surface area (Å²) in [5.41, 5.74) is 0. The van der Waals surface area contributed by atoms with E-state index in [4.69, 9.17) is 9.05 Å². The van der Waals surface area contributed by atoms with Crippen LogP contribution in [0, 0.1) is 0 Å². The molecule has 0 bridgehead atoms. The molecule has 0 rings (SSSR count). The molecule has 0 aromatic rings. The fourth-order valence-electron chi connectivity index (χ4n) is 8.91. The van der Waals surface area contributed by atoms with Crippen LogP contribution in [0.1, 0.15) is 258 Å². The minimum Gasteiger partial charge on any atom is -0.387 e. The Labute approximate surface area is 506 Å². The molecule has 0 radical (unpaired) electrons. The minimum atomic E-state index is -4.38. The first kappa shape index (κ1) is 78.4. The van der Waals surface area contributed by atoms with Crippen LogP contribution in [0.15, 0.2) is 146 Å². The summed E-state index contributed by atoms with van der Waals surface area (Å²) in [7, 11) is 1.52. The number of allylic oxidation sites excluding steroid dienone is 23. The van der Waals surface area contributed by atoms with Gasteiger partial charge in [0.2, 0.25) is 5.91 Å². The highest BCUT2D eigenvalue weighted by atomic mass is 31.2. The maximum absolute atomic E-state index is 13.0. The molecule has 3 atom stereocenters. The van der Waals surface area contributed by atoms with Crippen molar-refractivity contribution in [3.8, 4) is 0 Å². The van der Waals surface area contributed by atoms with E-state index in [0.29, 0.717) is 17.4 Å². The number of hydrogen-bond donors (Lipinski definition) is 3. The maximum atomic E-state index is 13.0. The molecule has 468 valence electrons. The zero-order valence-corrected chi connectivity index (χ0v) is 54.3. The van der Waals surface area contributed by atoms with Crippen LogP contribution < -0.4 is 5.32 Å². The number of hydrogen-bond acceptors (Lipinski definition) is 5. The number of carbonyl (C=O) groups excluding carboxylic acids is 1. The standard InChI is InChI=1S/C73H125N2O6P/c1-6-8-10-12-14-16-18-20-22-24-26-28-30-32-33-34-35-36-37-38-39-40-41-43-45-47-49-51-53-55-57-59-61-63-65-67-73(77)74-71(70-81-82(78,79)80-69-68-75(3,4)5)72(76)66-64-62-60-58-56-54-52-50-48-46-44-42-31-29-27-25-23-21-19-17-15-13-11-9-7-2/h8,10,14,16,20,22,26,28,32-33,35-36,38-39,41,43,47,49,53,55-56,58,64,66,71-72,76H,6-7,9,11-13,15,17-19,21,23-25,27,29-31,34,37,40,42,44-46,48,50-52,54,57,59-63,65,67-70H2,1-5H3,(H-,74,77,78,79)/p+1/b10-8-,16-14-,22-20-,28-26-,33-32-,36-35-,39-38-,43-41-,49-47-,55-53-,58-56+,66-64+. The number of aliphatic hydroxyl groups is 1. The zero-order valence-electron chi connectivity index (χ0n) is 53.4. The Morgan fingerprint density at radius 1 is 0.427 bits per heavy atom. The molecule has 0 heterocycles. The van der Waals surface area contributed by atoms with Gasteiger partial charge in [0, 0.05) is 6.42 Å². The fourth-order valence-corrected chi connectivity index (χ4v) is 9.65. The molecule has 0 aliphatic carbocycles. The lowest BCUT2D eigenvalue weighted by atomic mass is 10.0. The molecule has 0 aliphatic heterocycles. The molecule has 3 unspecified atom stereocenters. The molecule has 0 saturated heterocycles. The van der Waals surface area contributed by atoms with E-state index in [1.165, 1.54) is 122 Å². The quantitative estimate of drug-likeness (QED) is 0.0243. The molecular weight excluding hydrogens is 1030 g/mol. The predicted octanol–water partition coefficient (Wildman–Crippen LogP) is 21.2. The number of likely N-dealkylation sites (N-methyl/N-ethyl adjacent to an activating group) is 1. The summed E-state index contributed by atoms with van der Waals surface area (Å²) < 4.78 is 23.7. The van der Waals surface area contributed by atoms with Crippen LogP contribution in [0.5, 0.6) is 0 Å². The Morgan fingerprint density at radius 2 is 0.744 bits per heavy atom. The Balaban J connectivity index is 4.28. The Kier molecular flexibility index (Phi) is 59.2. The summed E-state index contributed by atoms with van der Waals surface area (Å²) in [5.74, 6) is -0.215. The largest absolute Gasteiger partial charge is 0.472 e. The first-order valence-electron chi connectivity index (χ1n) is 33.2. The van der Waals surface area contributed by atoms with E-state index >= 15 is 0 Å². The van der Waals surface area contributed by atoms with E-state index in [-0.39, 0.29) is 19.1 Å². The van der Waals surface area contributed by atoms with E-state index in [2.05, 4.69) is 153 Å². The molecule has 1 amide bonds. The Hall–Kier alpha value is -3.62. The van der Waals surface area contributed by atoms with Gasteiger partial charge >= 0.3 is 7.82 Å². The van der Waals surface area contributed by atoms with Gasteiger partial charge in [0.1, 0.15) is 13.2 Å². The maximum Gasteiger partial charge on any atom is 0.472 e. The smallest absolute Gasteiger partial charge is 0.387 e. The van der Waals surface area contributed by atoms with Crippen molar-refractivity contribution < 1.29 is 32.9 Å². The van der Waals surface area contributed by atoms with Crippen LogP contribution in [0.2, 0.25) is 0 Å². The highest BCUT2D eigenvalue weighted by molar-refractivity contribution is 7.47. The lowest BCUT2D eigenvalue weighted by Crippen LogP contribution is -2.45. The van der Waals surface area contributed by atoms with Crippen LogP contribution in [-0.2, 0) is 18.4 Å². The van der Waals surface area contributed by atoms with Crippen LogP contribution in [-0.4, -0.2) is 73.4 Å². The fraction of sp³-hybridized carbons (Fsp3) is 0.658. The summed E-state index contributed by atoms with van der Waals surface area (Å²) in [4.78, 5) is 23.4. The molecule has 8 nitrogen and oxygen atoms in total. The molecule has 9 heteroatoms. The molecule has 0 aromatic carbocycles. The average Bonchev–Trinajstić information content (AvgIpc) is 3.45. The number of amides is 1. The molecule has 0 aromatic heterocycles. The second-order valence-electron chi connectivity index (χ2n) is 23.1. The first-order valence-corrected chi connectivity index (χ1v) is 34.7. The number of phosphoric acid groups is 1. The molecule has 0 aliphatic rings. The summed E-state index contributed by atoms with van der Waals surface area (Å²) in [6, 6.07) is -0.890. The van der Waals surface area contributed by atoms with E-state index in [9.17, 15) is 19.4 Å². The topological polar surface area (TPSA) is 105 Å². The highest BCUT2D eigenvalue weighted by Crippen LogP contribution is 2.43. The number of nitrogens with zero attached hydrogens (tertiary/aromatic N) is 1. The molecular formula is C73H126N2O6P+. The second kappa shape index (κ2) is 61.9. The van der Waals surface area contributed by atoms with Crippen molar-refractivity contribution in [2.75, 3.05) is 40.9 Å². The van der Waals surface area contributed by atoms with Crippen molar-refractivity contribution in [2.24, 2.45) is 0 Å². The molecule has 0 spiro atoms. The number of unbranched alkanes of at least 4 members (excludes halogenated alkanes) is 24. The van der Waals surface area contributed by atoms with Crippen molar-refractivity contribution in [3.05, 3.63) is 146 Å². The lowest BCUT2D eigenvalue weighted by Gasteiger charge is -2.25. The van der Waals surface area contributed by atoms with Crippen molar-refractivity contribution in [3.63, 3.8) is 0 Å². The van der Waals surface area contributed by atoms with E-state index in [1.54, 1.807) is 6.08 Å². The van der Waals surface area contributed by atoms with E-state index in [1.807, 2.05) is 27.2 Å². The van der Waals surface area contributed by atoms with E-state index in [0.717, 1.165) is 116 Å². The molecule has 0 saturated carbocycles. The normalized spacial score (nSPS) is 14.7. The van der Waals surface area contributed by atoms with Crippen molar-refractivity contribution >= 4 is 13.7 Å². The van der Waals surface area contributed by atoms with Crippen LogP contribution >= 0.6 is 7.82 Å². The summed E-state index contributed by atoms with van der Waals surface area (Å²) in [5, 5.41) is 13.9. The van der Waals surface area contributed by atoms with Gasteiger partial charge in [0.15, 0.2) is 0 Å². The third-order valence-electron chi connectivity index (χ3n) is 14.0. The van der Waals surface area contributed by atoms with Gasteiger partial charge < -0.3 is 19.8 Å². The molecule has 0 fully saturated rings. The summed E-state index contributed by atoms with van der Waals surface area (Å²) in [6.07, 6.45) is 95.5. The Bertz CT molecular complexity index is 1840.